The molecule has 0 aliphatic rings. The summed E-state index contributed by atoms with van der Waals surface area (Å²) in [5.41, 5.74) is 2.11. The minimum absolute atomic E-state index is 0.493. The van der Waals surface area contributed by atoms with Crippen molar-refractivity contribution in [1.82, 2.24) is 9.88 Å². The Labute approximate surface area is 108 Å². The average molecular weight is 242 g/mol. The first-order chi connectivity index (χ1) is 8.75. The molecule has 2 aromatic rings. The van der Waals surface area contributed by atoms with Crippen LogP contribution in [0.5, 0.6) is 0 Å². The van der Waals surface area contributed by atoms with E-state index in [4.69, 9.17) is 0 Å². The number of rotatable bonds is 5. The van der Waals surface area contributed by atoms with Crippen LogP contribution < -0.4 is 0 Å². The molecule has 0 aliphatic carbocycles. The van der Waals surface area contributed by atoms with Gasteiger partial charge in [0.15, 0.2) is 0 Å². The number of hydrogen-bond acceptors (Lipinski definition) is 3. The molecule has 1 unspecified atom stereocenters. The third kappa shape index (κ3) is 3.65. The Morgan fingerprint density at radius 3 is 2.61 bits per heavy atom. The van der Waals surface area contributed by atoms with Gasteiger partial charge in [-0.05, 0) is 18.7 Å². The van der Waals surface area contributed by atoms with Crippen LogP contribution in [0.25, 0.3) is 0 Å². The quantitative estimate of drug-likeness (QED) is 0.873. The van der Waals surface area contributed by atoms with Gasteiger partial charge in [0.25, 0.3) is 0 Å². The summed E-state index contributed by atoms with van der Waals surface area (Å²) in [6.45, 7) is 1.43. The Morgan fingerprint density at radius 1 is 1.17 bits per heavy atom. The van der Waals surface area contributed by atoms with Crippen LogP contribution in [-0.4, -0.2) is 28.6 Å². The monoisotopic (exact) mass is 242 g/mol. The molecule has 0 saturated carbocycles. The van der Waals surface area contributed by atoms with Crippen molar-refractivity contribution in [1.29, 1.82) is 0 Å². The zero-order chi connectivity index (χ0) is 12.8. The summed E-state index contributed by atoms with van der Waals surface area (Å²) >= 11 is 0. The van der Waals surface area contributed by atoms with Gasteiger partial charge in [-0.3, -0.25) is 9.88 Å². The highest BCUT2D eigenvalue weighted by molar-refractivity contribution is 5.15. The standard InChI is InChI=1S/C15H18N2O/c1-17(11-13-6-3-2-4-7-13)12-15(18)14-8-5-9-16-10-14/h2-10,15,18H,11-12H2,1H3. The van der Waals surface area contributed by atoms with Gasteiger partial charge in [-0.2, -0.15) is 0 Å². The van der Waals surface area contributed by atoms with Crippen molar-refractivity contribution in [2.75, 3.05) is 13.6 Å². The number of likely N-dealkylation sites (N-methyl/N-ethyl adjacent to an activating group) is 1. The zero-order valence-corrected chi connectivity index (χ0v) is 10.5. The predicted molar refractivity (Wildman–Crippen MR) is 72.0 cm³/mol. The summed E-state index contributed by atoms with van der Waals surface area (Å²) in [4.78, 5) is 6.12. The summed E-state index contributed by atoms with van der Waals surface area (Å²) in [6.07, 6.45) is 2.93. The fourth-order valence-corrected chi connectivity index (χ4v) is 1.93. The van der Waals surface area contributed by atoms with E-state index >= 15 is 0 Å². The molecule has 1 heterocycles. The van der Waals surface area contributed by atoms with Crippen molar-refractivity contribution in [2.24, 2.45) is 0 Å². The van der Waals surface area contributed by atoms with E-state index in [-0.39, 0.29) is 0 Å². The lowest BCUT2D eigenvalue weighted by molar-refractivity contribution is 0.123. The fourth-order valence-electron chi connectivity index (χ4n) is 1.93. The van der Waals surface area contributed by atoms with Crippen LogP contribution in [0.1, 0.15) is 17.2 Å². The summed E-state index contributed by atoms with van der Waals surface area (Å²) in [7, 11) is 2.01. The lowest BCUT2D eigenvalue weighted by Gasteiger charge is -2.20. The Morgan fingerprint density at radius 2 is 1.94 bits per heavy atom. The summed E-state index contributed by atoms with van der Waals surface area (Å²) in [5.74, 6) is 0. The zero-order valence-electron chi connectivity index (χ0n) is 10.5. The maximum Gasteiger partial charge on any atom is 0.0931 e. The van der Waals surface area contributed by atoms with Crippen molar-refractivity contribution in [3.05, 3.63) is 66.0 Å². The first-order valence-corrected chi connectivity index (χ1v) is 6.06. The highest BCUT2D eigenvalue weighted by Crippen LogP contribution is 2.13. The molecule has 94 valence electrons. The molecule has 1 aromatic carbocycles. The molecule has 0 bridgehead atoms. The van der Waals surface area contributed by atoms with E-state index in [1.165, 1.54) is 5.56 Å². The van der Waals surface area contributed by atoms with Crippen LogP contribution in [0.15, 0.2) is 54.9 Å². The van der Waals surface area contributed by atoms with E-state index in [2.05, 4.69) is 22.0 Å². The second-order valence-electron chi connectivity index (χ2n) is 4.48. The van der Waals surface area contributed by atoms with E-state index in [9.17, 15) is 5.11 Å². The number of pyridine rings is 1. The van der Waals surface area contributed by atoms with E-state index < -0.39 is 6.10 Å². The second-order valence-corrected chi connectivity index (χ2v) is 4.48. The van der Waals surface area contributed by atoms with Crippen molar-refractivity contribution < 1.29 is 5.11 Å². The Bertz CT molecular complexity index is 458. The van der Waals surface area contributed by atoms with Crippen LogP contribution in [0.3, 0.4) is 0 Å². The molecule has 0 aliphatic heterocycles. The van der Waals surface area contributed by atoms with Gasteiger partial charge in [-0.25, -0.2) is 0 Å². The fraction of sp³-hybridized carbons (Fsp3) is 0.267. The van der Waals surface area contributed by atoms with Gasteiger partial charge in [0.05, 0.1) is 6.10 Å². The number of nitrogens with zero attached hydrogens (tertiary/aromatic N) is 2. The largest absolute Gasteiger partial charge is 0.387 e. The summed E-state index contributed by atoms with van der Waals surface area (Å²) in [5, 5.41) is 10.1. The van der Waals surface area contributed by atoms with Crippen molar-refractivity contribution >= 4 is 0 Å². The van der Waals surface area contributed by atoms with Gasteiger partial charge < -0.3 is 5.11 Å². The first kappa shape index (κ1) is 12.7. The van der Waals surface area contributed by atoms with Gasteiger partial charge in [-0.1, -0.05) is 36.4 Å². The van der Waals surface area contributed by atoms with Gasteiger partial charge in [0.1, 0.15) is 0 Å². The van der Waals surface area contributed by atoms with Crippen LogP contribution in [0, 0.1) is 0 Å². The second kappa shape index (κ2) is 6.28. The number of hydrogen-bond donors (Lipinski definition) is 1. The SMILES string of the molecule is CN(Cc1ccccc1)CC(O)c1cccnc1. The lowest BCUT2D eigenvalue weighted by atomic mass is 10.1. The topological polar surface area (TPSA) is 36.4 Å². The molecule has 18 heavy (non-hydrogen) atoms. The van der Waals surface area contributed by atoms with E-state index in [0.29, 0.717) is 6.54 Å². The smallest absolute Gasteiger partial charge is 0.0931 e. The Balaban J connectivity index is 1.90. The van der Waals surface area contributed by atoms with Crippen LogP contribution in [0.2, 0.25) is 0 Å². The molecule has 1 atom stereocenters. The van der Waals surface area contributed by atoms with E-state index in [1.54, 1.807) is 12.4 Å². The minimum atomic E-state index is -0.493. The molecule has 0 saturated heterocycles. The van der Waals surface area contributed by atoms with Crippen LogP contribution in [0.4, 0.5) is 0 Å². The van der Waals surface area contributed by atoms with Gasteiger partial charge >= 0.3 is 0 Å². The average Bonchev–Trinajstić information content (AvgIpc) is 2.40. The third-order valence-corrected chi connectivity index (χ3v) is 2.85. The summed E-state index contributed by atoms with van der Waals surface area (Å²) in [6, 6.07) is 14.0. The maximum absolute atomic E-state index is 10.1. The third-order valence-electron chi connectivity index (χ3n) is 2.85. The molecule has 0 spiro atoms. The molecule has 3 heteroatoms. The van der Waals surface area contributed by atoms with Gasteiger partial charge in [0, 0.05) is 31.0 Å². The normalized spacial score (nSPS) is 12.6. The van der Waals surface area contributed by atoms with Gasteiger partial charge in [0.2, 0.25) is 0 Å². The van der Waals surface area contributed by atoms with Crippen molar-refractivity contribution in [3.63, 3.8) is 0 Å². The molecule has 0 amide bonds. The highest BCUT2D eigenvalue weighted by atomic mass is 16.3. The van der Waals surface area contributed by atoms with Gasteiger partial charge in [-0.15, -0.1) is 0 Å². The van der Waals surface area contributed by atoms with Crippen LogP contribution >= 0.6 is 0 Å². The van der Waals surface area contributed by atoms with E-state index in [1.807, 2.05) is 37.4 Å². The number of aliphatic hydroxyl groups is 1. The van der Waals surface area contributed by atoms with Crippen molar-refractivity contribution in [3.8, 4) is 0 Å². The molecule has 3 nitrogen and oxygen atoms in total. The molecule has 1 aromatic heterocycles. The maximum atomic E-state index is 10.1. The highest BCUT2D eigenvalue weighted by Gasteiger charge is 2.10. The molecule has 1 N–H and O–H groups in total. The molecule has 0 radical (unpaired) electrons. The van der Waals surface area contributed by atoms with E-state index in [0.717, 1.165) is 12.1 Å². The lowest BCUT2D eigenvalue weighted by Crippen LogP contribution is -2.24. The molecule has 0 fully saturated rings. The predicted octanol–water partition coefficient (Wildman–Crippen LogP) is 2.25. The molecule has 2 rings (SSSR count). The number of aromatic nitrogens is 1. The molecular formula is C15H18N2O. The Hall–Kier alpha value is -1.71. The summed E-state index contributed by atoms with van der Waals surface area (Å²) < 4.78 is 0. The molecular weight excluding hydrogens is 224 g/mol. The minimum Gasteiger partial charge on any atom is -0.387 e. The van der Waals surface area contributed by atoms with Crippen LogP contribution in [-0.2, 0) is 6.54 Å². The number of aliphatic hydroxyl groups excluding tert-OH is 1. The first-order valence-electron chi connectivity index (χ1n) is 6.06. The van der Waals surface area contributed by atoms with Crippen molar-refractivity contribution in [2.45, 2.75) is 12.6 Å². The number of benzene rings is 1. The Kier molecular flexibility index (Phi) is 4.45.